The Balaban J connectivity index is 1.98. The van der Waals surface area contributed by atoms with Crippen LogP contribution in [0.25, 0.3) is 0 Å². The molecule has 2 aliphatic rings. The molecule has 0 amide bonds. The number of carbonyl (C=O) groups is 4. The van der Waals surface area contributed by atoms with Crippen LogP contribution in [0.3, 0.4) is 0 Å². The maximum absolute atomic E-state index is 12.8. The van der Waals surface area contributed by atoms with Crippen molar-refractivity contribution in [3.8, 4) is 0 Å². The highest BCUT2D eigenvalue weighted by atomic mass is 16.5. The maximum Gasteiger partial charge on any atom is 0.303 e. The van der Waals surface area contributed by atoms with Crippen molar-refractivity contribution < 1.29 is 28.7 Å². The van der Waals surface area contributed by atoms with Crippen LogP contribution in [0.1, 0.15) is 95.9 Å². The minimum atomic E-state index is -0.719. The van der Waals surface area contributed by atoms with Crippen molar-refractivity contribution in [1.82, 2.24) is 0 Å². The molecule has 0 N–H and O–H groups in total. The van der Waals surface area contributed by atoms with Gasteiger partial charge in [0.05, 0.1) is 0 Å². The lowest BCUT2D eigenvalue weighted by Gasteiger charge is -2.36. The van der Waals surface area contributed by atoms with Crippen LogP contribution >= 0.6 is 0 Å². The Kier molecular flexibility index (Phi) is 15.3. The van der Waals surface area contributed by atoms with E-state index in [-0.39, 0.29) is 22.4 Å². The molecule has 0 aromatic heterocycles. The van der Waals surface area contributed by atoms with E-state index in [0.29, 0.717) is 24.0 Å². The van der Waals surface area contributed by atoms with Gasteiger partial charge in [0.2, 0.25) is 0 Å². The van der Waals surface area contributed by atoms with Crippen molar-refractivity contribution in [3.63, 3.8) is 0 Å². The van der Waals surface area contributed by atoms with Gasteiger partial charge in [0.25, 0.3) is 0 Å². The number of hydrogen-bond acceptors (Lipinski definition) is 6. The molecule has 50 heavy (non-hydrogen) atoms. The number of Topliss-reactive ketones (excluding diaryl/α,β-unsaturated/α-hetero) is 2. The third-order valence-corrected chi connectivity index (χ3v) is 8.89. The zero-order valence-corrected chi connectivity index (χ0v) is 32.1. The summed E-state index contributed by atoms with van der Waals surface area (Å²) in [6, 6.07) is 0. The van der Waals surface area contributed by atoms with Gasteiger partial charge in [-0.05, 0) is 74.7 Å². The molecule has 268 valence electrons. The van der Waals surface area contributed by atoms with Gasteiger partial charge in [-0.2, -0.15) is 0 Å². The Labute approximate surface area is 300 Å². The van der Waals surface area contributed by atoms with E-state index in [9.17, 15) is 19.2 Å². The zero-order chi connectivity index (χ0) is 37.8. The monoisotopic (exact) mass is 680 g/mol. The van der Waals surface area contributed by atoms with Crippen LogP contribution in [-0.2, 0) is 28.7 Å². The summed E-state index contributed by atoms with van der Waals surface area (Å²) in [4.78, 5) is 48.4. The summed E-state index contributed by atoms with van der Waals surface area (Å²) in [7, 11) is 0. The molecule has 0 aliphatic heterocycles. The topological polar surface area (TPSA) is 86.7 Å². The van der Waals surface area contributed by atoms with Crippen molar-refractivity contribution >= 4 is 23.5 Å². The number of ether oxygens (including phenoxy) is 2. The fourth-order valence-electron chi connectivity index (χ4n) is 6.16. The molecule has 0 heterocycles. The van der Waals surface area contributed by atoms with E-state index in [4.69, 9.17) is 9.47 Å². The van der Waals surface area contributed by atoms with Crippen molar-refractivity contribution in [2.75, 3.05) is 0 Å². The quantitative estimate of drug-likeness (QED) is 0.151. The SMILES string of the molecule is CC(=O)OC1CC(C)(C)C(C=CC(C)=CC=CC(C)=CC=CC=C(C)C=CC=C(C)C=CC2=C(C)C(=O)C(OC(C)=O)CC2(C)C)=C(C)C1=O. The fraction of sp³-hybridized carbons (Fsp3) is 0.409. The molecule has 6 nitrogen and oxygen atoms in total. The van der Waals surface area contributed by atoms with Crippen LogP contribution in [0.5, 0.6) is 0 Å². The number of allylic oxidation sites excluding steroid dienone is 20. The molecule has 0 aromatic rings. The summed E-state index contributed by atoms with van der Waals surface area (Å²) in [5.74, 6) is -1.13. The van der Waals surface area contributed by atoms with Gasteiger partial charge in [0.1, 0.15) is 0 Å². The summed E-state index contributed by atoms with van der Waals surface area (Å²) in [5.41, 5.74) is 6.94. The zero-order valence-electron chi connectivity index (χ0n) is 32.1. The summed E-state index contributed by atoms with van der Waals surface area (Å²) >= 11 is 0. The number of rotatable bonds is 12. The van der Waals surface area contributed by atoms with Gasteiger partial charge in [-0.25, -0.2) is 0 Å². The average Bonchev–Trinajstić information content (AvgIpc) is 2.99. The molecule has 0 aromatic carbocycles. The third kappa shape index (κ3) is 12.7. The molecule has 2 unspecified atom stereocenters. The summed E-state index contributed by atoms with van der Waals surface area (Å²) < 4.78 is 10.5. The highest BCUT2D eigenvalue weighted by molar-refractivity contribution is 6.02. The maximum atomic E-state index is 12.8. The minimum absolute atomic E-state index is 0.127. The summed E-state index contributed by atoms with van der Waals surface area (Å²) in [5, 5.41) is 0. The largest absolute Gasteiger partial charge is 0.454 e. The van der Waals surface area contributed by atoms with Gasteiger partial charge in [-0.1, -0.05) is 135 Å². The van der Waals surface area contributed by atoms with E-state index in [1.807, 2.05) is 113 Å². The molecule has 0 fully saturated rings. The van der Waals surface area contributed by atoms with E-state index in [1.54, 1.807) is 13.8 Å². The molecule has 0 saturated carbocycles. The predicted octanol–water partition coefficient (Wildman–Crippen LogP) is 10.0. The first-order chi connectivity index (χ1) is 23.2. The summed E-state index contributed by atoms with van der Waals surface area (Å²) in [6.45, 7) is 22.7. The van der Waals surface area contributed by atoms with Crippen LogP contribution < -0.4 is 0 Å². The van der Waals surface area contributed by atoms with Crippen molar-refractivity contribution in [2.24, 2.45) is 10.8 Å². The second-order valence-electron chi connectivity index (χ2n) is 14.6. The molecule has 2 rings (SSSR count). The molecule has 0 spiro atoms. The number of carbonyl (C=O) groups excluding carboxylic acids is 4. The van der Waals surface area contributed by atoms with Crippen LogP contribution in [-0.4, -0.2) is 35.7 Å². The Bertz CT molecular complexity index is 1560. The fourth-order valence-corrected chi connectivity index (χ4v) is 6.16. The van der Waals surface area contributed by atoms with Gasteiger partial charge in [0, 0.05) is 26.7 Å². The second-order valence-corrected chi connectivity index (χ2v) is 14.6. The van der Waals surface area contributed by atoms with Crippen molar-refractivity contribution in [2.45, 2.75) is 108 Å². The molecular formula is C44H56O6. The Morgan fingerprint density at radius 3 is 1.16 bits per heavy atom. The van der Waals surface area contributed by atoms with Crippen LogP contribution in [0.15, 0.2) is 130 Å². The molecule has 0 saturated heterocycles. The highest BCUT2D eigenvalue weighted by Crippen LogP contribution is 2.42. The van der Waals surface area contributed by atoms with E-state index < -0.39 is 24.1 Å². The lowest BCUT2D eigenvalue weighted by molar-refractivity contribution is -0.154. The average molecular weight is 681 g/mol. The standard InChI is InChI=1S/C44H56O6/c1-29(19-15-21-31(3)23-25-37-33(5)41(47)39(49-35(7)45)27-43(37,9)10)17-13-14-18-30(2)20-16-22-32(4)24-26-38-34(6)42(48)40(50-36(8)46)28-44(38,11)12/h13-26,39-40H,27-28H2,1-12H3. The lowest BCUT2D eigenvalue weighted by Crippen LogP contribution is -2.38. The van der Waals surface area contributed by atoms with Crippen LogP contribution in [0.4, 0.5) is 0 Å². The van der Waals surface area contributed by atoms with Crippen molar-refractivity contribution in [3.05, 3.63) is 130 Å². The van der Waals surface area contributed by atoms with E-state index in [1.165, 1.54) is 13.8 Å². The lowest BCUT2D eigenvalue weighted by atomic mass is 9.71. The Hall–Kier alpha value is -4.58. The Morgan fingerprint density at radius 1 is 0.540 bits per heavy atom. The van der Waals surface area contributed by atoms with Gasteiger partial charge in [-0.3, -0.25) is 19.2 Å². The Morgan fingerprint density at radius 2 is 0.840 bits per heavy atom. The normalized spacial score (nSPS) is 22.7. The minimum Gasteiger partial charge on any atom is -0.454 e. The highest BCUT2D eigenvalue weighted by Gasteiger charge is 2.40. The molecule has 0 bridgehead atoms. The molecule has 2 aliphatic carbocycles. The first-order valence-corrected chi connectivity index (χ1v) is 17.2. The first-order valence-electron chi connectivity index (χ1n) is 17.2. The molecule has 6 heteroatoms. The number of esters is 2. The third-order valence-electron chi connectivity index (χ3n) is 8.89. The smallest absolute Gasteiger partial charge is 0.303 e. The first kappa shape index (κ1) is 41.6. The number of hydrogen-bond donors (Lipinski definition) is 0. The summed E-state index contributed by atoms with van der Waals surface area (Å²) in [6.07, 6.45) is 27.8. The van der Waals surface area contributed by atoms with Gasteiger partial charge in [0.15, 0.2) is 23.8 Å². The predicted molar refractivity (Wildman–Crippen MR) is 204 cm³/mol. The van der Waals surface area contributed by atoms with E-state index >= 15 is 0 Å². The second kappa shape index (κ2) is 18.4. The van der Waals surface area contributed by atoms with Gasteiger partial charge >= 0.3 is 11.9 Å². The molecular weight excluding hydrogens is 624 g/mol. The number of ketones is 2. The van der Waals surface area contributed by atoms with Crippen molar-refractivity contribution in [1.29, 1.82) is 0 Å². The van der Waals surface area contributed by atoms with E-state index in [0.717, 1.165) is 33.4 Å². The van der Waals surface area contributed by atoms with E-state index in [2.05, 4.69) is 27.7 Å². The van der Waals surface area contributed by atoms with Gasteiger partial charge < -0.3 is 9.47 Å². The molecule has 0 radical (unpaired) electrons. The van der Waals surface area contributed by atoms with Crippen LogP contribution in [0.2, 0.25) is 0 Å². The van der Waals surface area contributed by atoms with Crippen LogP contribution in [0, 0.1) is 10.8 Å². The van der Waals surface area contributed by atoms with Gasteiger partial charge in [-0.15, -0.1) is 0 Å². The molecule has 2 atom stereocenters.